The van der Waals surface area contributed by atoms with Crippen LogP contribution in [0.5, 0.6) is 0 Å². The van der Waals surface area contributed by atoms with Crippen molar-refractivity contribution in [3.05, 3.63) is 61.5 Å². The highest BCUT2D eigenvalue weighted by atomic mass is 35.5. The molecule has 28 heavy (non-hydrogen) atoms. The van der Waals surface area contributed by atoms with Crippen molar-refractivity contribution in [1.29, 1.82) is 0 Å². The molecule has 0 spiro atoms. The molecule has 1 aliphatic carbocycles. The standard InChI is InChI=1S/C20H20ClN3O2S2/c21-13-4-1-3-12(9-13)10-22-17(25)7-8-27-11-16-23-19(26)18-14-5-2-6-15(14)28-20(18)24-16/h1,3-4,9H,2,5-8,10-11H2,(H,22,25)(H,23,24,26). The van der Waals surface area contributed by atoms with E-state index in [-0.39, 0.29) is 11.5 Å². The Hall–Kier alpha value is -1.83. The van der Waals surface area contributed by atoms with Crippen LogP contribution in [0.2, 0.25) is 5.02 Å². The maximum absolute atomic E-state index is 12.4. The molecule has 3 aromatic rings. The minimum Gasteiger partial charge on any atom is -0.352 e. The molecule has 5 nitrogen and oxygen atoms in total. The summed E-state index contributed by atoms with van der Waals surface area (Å²) in [4.78, 5) is 34.1. The number of nitrogens with zero attached hydrogens (tertiary/aromatic N) is 1. The molecule has 8 heteroatoms. The summed E-state index contributed by atoms with van der Waals surface area (Å²) in [5.74, 6) is 1.94. The number of halogens is 1. The zero-order chi connectivity index (χ0) is 19.5. The number of aryl methyl sites for hydroxylation is 2. The lowest BCUT2D eigenvalue weighted by Crippen LogP contribution is -2.23. The monoisotopic (exact) mass is 433 g/mol. The summed E-state index contributed by atoms with van der Waals surface area (Å²) in [5, 5.41) is 4.34. The first-order chi connectivity index (χ1) is 13.6. The lowest BCUT2D eigenvalue weighted by atomic mass is 10.2. The summed E-state index contributed by atoms with van der Waals surface area (Å²) in [5.41, 5.74) is 2.15. The van der Waals surface area contributed by atoms with Gasteiger partial charge in [-0.25, -0.2) is 4.98 Å². The molecule has 0 saturated heterocycles. The number of thioether (sulfide) groups is 1. The average molecular weight is 434 g/mol. The van der Waals surface area contributed by atoms with Crippen LogP contribution in [0.4, 0.5) is 0 Å². The molecule has 2 N–H and O–H groups in total. The largest absolute Gasteiger partial charge is 0.352 e. The molecule has 0 fully saturated rings. The average Bonchev–Trinajstić information content (AvgIpc) is 3.24. The normalized spacial score (nSPS) is 13.0. The van der Waals surface area contributed by atoms with E-state index in [9.17, 15) is 9.59 Å². The van der Waals surface area contributed by atoms with E-state index in [1.165, 1.54) is 10.4 Å². The van der Waals surface area contributed by atoms with E-state index in [1.807, 2.05) is 24.3 Å². The lowest BCUT2D eigenvalue weighted by molar-refractivity contribution is -0.120. The number of carbonyl (C=O) groups excluding carboxylic acids is 1. The number of amides is 1. The van der Waals surface area contributed by atoms with Gasteiger partial charge in [-0.05, 0) is 42.5 Å². The number of H-pyrrole nitrogens is 1. The van der Waals surface area contributed by atoms with Crippen molar-refractivity contribution in [2.75, 3.05) is 5.75 Å². The minimum absolute atomic E-state index is 0.000868. The molecule has 1 amide bonds. The number of nitrogens with one attached hydrogen (secondary N) is 2. The molecule has 1 aliphatic rings. The van der Waals surface area contributed by atoms with Crippen LogP contribution in [0.3, 0.4) is 0 Å². The molecule has 0 saturated carbocycles. The summed E-state index contributed by atoms with van der Waals surface area (Å²) in [6.07, 6.45) is 3.60. The lowest BCUT2D eigenvalue weighted by Gasteiger charge is -2.06. The number of hydrogen-bond acceptors (Lipinski definition) is 5. The van der Waals surface area contributed by atoms with Crippen LogP contribution in [-0.4, -0.2) is 21.6 Å². The van der Waals surface area contributed by atoms with Crippen molar-refractivity contribution in [2.45, 2.75) is 38.0 Å². The number of fused-ring (bicyclic) bond motifs is 3. The van der Waals surface area contributed by atoms with Crippen LogP contribution in [0.25, 0.3) is 10.2 Å². The van der Waals surface area contributed by atoms with E-state index < -0.39 is 0 Å². The number of aromatic nitrogens is 2. The predicted molar refractivity (Wildman–Crippen MR) is 116 cm³/mol. The first-order valence-electron chi connectivity index (χ1n) is 9.22. The Morgan fingerprint density at radius 3 is 3.11 bits per heavy atom. The third-order valence-corrected chi connectivity index (χ3v) is 7.11. The van der Waals surface area contributed by atoms with Gasteiger partial charge in [0, 0.05) is 28.6 Å². The van der Waals surface area contributed by atoms with Crippen molar-refractivity contribution >= 4 is 50.8 Å². The van der Waals surface area contributed by atoms with Gasteiger partial charge < -0.3 is 10.3 Å². The summed E-state index contributed by atoms with van der Waals surface area (Å²) in [6.45, 7) is 0.471. The van der Waals surface area contributed by atoms with E-state index in [2.05, 4.69) is 15.3 Å². The number of aromatic amines is 1. The van der Waals surface area contributed by atoms with Crippen molar-refractivity contribution in [3.63, 3.8) is 0 Å². The highest BCUT2D eigenvalue weighted by Gasteiger charge is 2.21. The highest BCUT2D eigenvalue weighted by Crippen LogP contribution is 2.34. The second kappa shape index (κ2) is 8.68. The molecule has 0 unspecified atom stereocenters. The van der Waals surface area contributed by atoms with Crippen LogP contribution in [0.1, 0.15) is 34.7 Å². The van der Waals surface area contributed by atoms with Crippen LogP contribution in [0.15, 0.2) is 29.1 Å². The summed E-state index contributed by atoms with van der Waals surface area (Å²) in [7, 11) is 0. The molecule has 0 radical (unpaired) electrons. The van der Waals surface area contributed by atoms with Crippen molar-refractivity contribution in [2.24, 2.45) is 0 Å². The molecule has 0 bridgehead atoms. The summed E-state index contributed by atoms with van der Waals surface area (Å²) >= 11 is 9.19. The molecule has 4 rings (SSSR count). The first-order valence-corrected chi connectivity index (χ1v) is 11.6. The zero-order valence-corrected chi connectivity index (χ0v) is 17.6. The van der Waals surface area contributed by atoms with E-state index in [0.29, 0.717) is 35.3 Å². The molecule has 146 valence electrons. The van der Waals surface area contributed by atoms with Gasteiger partial charge >= 0.3 is 0 Å². The van der Waals surface area contributed by atoms with Gasteiger partial charge in [-0.15, -0.1) is 11.3 Å². The Labute approximate surface area is 175 Å². The van der Waals surface area contributed by atoms with E-state index >= 15 is 0 Å². The SMILES string of the molecule is O=C(CCSCc1nc2sc3c(c2c(=O)[nH]1)CCC3)NCc1cccc(Cl)c1. The first kappa shape index (κ1) is 19.5. The van der Waals surface area contributed by atoms with Gasteiger partial charge in [0.15, 0.2) is 0 Å². The second-order valence-corrected chi connectivity index (χ2v) is 9.38. The fourth-order valence-electron chi connectivity index (χ4n) is 3.38. The van der Waals surface area contributed by atoms with Gasteiger partial charge in [-0.2, -0.15) is 11.8 Å². The molecule has 2 aromatic heterocycles. The maximum atomic E-state index is 12.4. The molecule has 1 aromatic carbocycles. The number of rotatable bonds is 7. The van der Waals surface area contributed by atoms with Gasteiger partial charge in [-0.3, -0.25) is 9.59 Å². The third-order valence-electron chi connectivity index (χ3n) is 4.72. The van der Waals surface area contributed by atoms with Crippen molar-refractivity contribution in [3.8, 4) is 0 Å². The highest BCUT2D eigenvalue weighted by molar-refractivity contribution is 7.98. The zero-order valence-electron chi connectivity index (χ0n) is 15.2. The maximum Gasteiger partial charge on any atom is 0.259 e. The van der Waals surface area contributed by atoms with Crippen molar-refractivity contribution in [1.82, 2.24) is 15.3 Å². The van der Waals surface area contributed by atoms with Crippen LogP contribution in [-0.2, 0) is 29.9 Å². The number of carbonyl (C=O) groups is 1. The van der Waals surface area contributed by atoms with Gasteiger partial charge in [0.1, 0.15) is 10.7 Å². The molecule has 0 aliphatic heterocycles. The van der Waals surface area contributed by atoms with Crippen molar-refractivity contribution < 1.29 is 4.79 Å². The van der Waals surface area contributed by atoms with Gasteiger partial charge in [0.05, 0.1) is 11.1 Å². The number of benzene rings is 1. The Morgan fingerprint density at radius 2 is 2.25 bits per heavy atom. The fraction of sp³-hybridized carbons (Fsp3) is 0.350. The molecule has 0 atom stereocenters. The Bertz CT molecular complexity index is 1080. The minimum atomic E-state index is -0.0285. The summed E-state index contributed by atoms with van der Waals surface area (Å²) < 4.78 is 0. The van der Waals surface area contributed by atoms with Crippen LogP contribution < -0.4 is 10.9 Å². The van der Waals surface area contributed by atoms with E-state index in [1.54, 1.807) is 23.1 Å². The fourth-order valence-corrected chi connectivity index (χ4v) is 5.68. The Kier molecular flexibility index (Phi) is 6.04. The van der Waals surface area contributed by atoms with Gasteiger partial charge in [0.2, 0.25) is 5.91 Å². The molecular formula is C20H20ClN3O2S2. The van der Waals surface area contributed by atoms with Crippen LogP contribution in [0, 0.1) is 0 Å². The topological polar surface area (TPSA) is 74.8 Å². The van der Waals surface area contributed by atoms with E-state index in [4.69, 9.17) is 11.6 Å². The summed E-state index contributed by atoms with van der Waals surface area (Å²) in [6, 6.07) is 7.45. The second-order valence-electron chi connectivity index (χ2n) is 6.76. The molecular weight excluding hydrogens is 414 g/mol. The Morgan fingerprint density at radius 1 is 1.36 bits per heavy atom. The quantitative estimate of drug-likeness (QED) is 0.551. The van der Waals surface area contributed by atoms with E-state index in [0.717, 1.165) is 35.0 Å². The third kappa shape index (κ3) is 4.42. The molecule has 2 heterocycles. The van der Waals surface area contributed by atoms with Gasteiger partial charge in [0.25, 0.3) is 5.56 Å². The predicted octanol–water partition coefficient (Wildman–Crippen LogP) is 4.07. The van der Waals surface area contributed by atoms with Crippen LogP contribution >= 0.6 is 34.7 Å². The van der Waals surface area contributed by atoms with Gasteiger partial charge in [-0.1, -0.05) is 23.7 Å². The smallest absolute Gasteiger partial charge is 0.259 e. The Balaban J connectivity index is 1.26. The number of hydrogen-bond donors (Lipinski definition) is 2. The number of thiophene rings is 1.